The Morgan fingerprint density at radius 1 is 0.964 bits per heavy atom. The number of aliphatic imine (C=N–C) groups is 1. The van der Waals surface area contributed by atoms with Crippen molar-refractivity contribution in [2.45, 2.75) is 19.2 Å². The van der Waals surface area contributed by atoms with Crippen molar-refractivity contribution in [3.63, 3.8) is 0 Å². The van der Waals surface area contributed by atoms with Gasteiger partial charge < -0.3 is 9.64 Å². The Morgan fingerprint density at radius 3 is 2.43 bits per heavy atom. The molecule has 0 N–H and O–H groups in total. The molecule has 0 saturated carbocycles. The normalized spacial score (nSPS) is 16.5. The van der Waals surface area contributed by atoms with E-state index in [1.807, 2.05) is 0 Å². The summed E-state index contributed by atoms with van der Waals surface area (Å²) < 4.78 is 57.8. The van der Waals surface area contributed by atoms with E-state index in [0.717, 1.165) is 0 Å². The molecule has 5 nitrogen and oxygen atoms in total. The summed E-state index contributed by atoms with van der Waals surface area (Å²) in [4.78, 5) is 9.84. The molecule has 2 aromatic carbocycles. The number of alkyl halides is 4. The average molecular weight is 390 g/mol. The summed E-state index contributed by atoms with van der Waals surface area (Å²) >= 11 is 0. The quantitative estimate of drug-likeness (QED) is 0.567. The van der Waals surface area contributed by atoms with Gasteiger partial charge in [0.1, 0.15) is 11.9 Å². The van der Waals surface area contributed by atoms with E-state index in [4.69, 9.17) is 0 Å². The lowest BCUT2D eigenvalue weighted by molar-refractivity contribution is -0.0498. The third kappa shape index (κ3) is 3.30. The van der Waals surface area contributed by atoms with Crippen molar-refractivity contribution in [2.24, 2.45) is 4.99 Å². The number of nitrogens with zero attached hydrogens (tertiary/aromatic N) is 4. The Hall–Kier alpha value is -3.36. The molecule has 0 bridgehead atoms. The van der Waals surface area contributed by atoms with Gasteiger partial charge in [-0.3, -0.25) is 9.56 Å². The summed E-state index contributed by atoms with van der Waals surface area (Å²) in [6.07, 6.45) is 1.17. The second-order valence-electron chi connectivity index (χ2n) is 5.92. The van der Waals surface area contributed by atoms with Crippen LogP contribution in [0.3, 0.4) is 0 Å². The van der Waals surface area contributed by atoms with Crippen LogP contribution in [-0.4, -0.2) is 22.4 Å². The Morgan fingerprint density at radius 2 is 1.71 bits per heavy atom. The molecule has 144 valence electrons. The number of hydrogen-bond donors (Lipinski definition) is 0. The van der Waals surface area contributed by atoms with Crippen LogP contribution in [0.5, 0.6) is 5.75 Å². The molecule has 0 amide bonds. The summed E-state index contributed by atoms with van der Waals surface area (Å²) in [5.41, 5.74) is 1.57. The van der Waals surface area contributed by atoms with Gasteiger partial charge in [-0.05, 0) is 36.4 Å². The molecule has 4 rings (SSSR count). The van der Waals surface area contributed by atoms with Crippen LogP contribution in [0.25, 0.3) is 11.0 Å². The number of imidazole rings is 1. The number of para-hydroxylation sites is 2. The van der Waals surface area contributed by atoms with Gasteiger partial charge in [0.05, 0.1) is 11.0 Å². The summed E-state index contributed by atoms with van der Waals surface area (Å²) in [5, 5.41) is 0. The molecule has 9 heteroatoms. The van der Waals surface area contributed by atoms with Crippen molar-refractivity contribution >= 4 is 22.9 Å². The van der Waals surface area contributed by atoms with E-state index in [9.17, 15) is 17.6 Å². The summed E-state index contributed by atoms with van der Waals surface area (Å²) in [5.74, 6) is -0.373. The molecule has 1 aliphatic rings. The van der Waals surface area contributed by atoms with Gasteiger partial charge in [0.2, 0.25) is 0 Å². The molecule has 0 aliphatic carbocycles. The minimum atomic E-state index is -2.92. The Labute approximate surface area is 157 Å². The van der Waals surface area contributed by atoms with Crippen LogP contribution in [0.2, 0.25) is 0 Å². The maximum atomic E-state index is 13.7. The highest BCUT2D eigenvalue weighted by Crippen LogP contribution is 2.33. The first kappa shape index (κ1) is 18.0. The molecule has 2 heterocycles. The predicted octanol–water partition coefficient (Wildman–Crippen LogP) is 5.14. The van der Waals surface area contributed by atoms with Crippen LogP contribution in [0.15, 0.2) is 65.9 Å². The molecular weight excluding hydrogens is 376 g/mol. The number of ether oxygens (including phenoxy) is 1. The summed E-state index contributed by atoms with van der Waals surface area (Å²) in [6, 6.07) is 12.7. The Kier molecular flexibility index (Phi) is 4.72. The standard InChI is InChI=1S/C19H14F4N4O/c20-17(21)18-25-14-3-1-2-4-15(14)27(18)16-11-24-9-10-26(16)12-5-7-13(8-6-12)28-19(22)23/h1-11,16-17,19H. The smallest absolute Gasteiger partial charge is 0.387 e. The Balaban J connectivity index is 1.77. The third-order valence-corrected chi connectivity index (χ3v) is 4.26. The van der Waals surface area contributed by atoms with Crippen LogP contribution >= 0.6 is 0 Å². The molecule has 1 unspecified atom stereocenters. The maximum absolute atomic E-state index is 13.7. The van der Waals surface area contributed by atoms with E-state index in [-0.39, 0.29) is 11.6 Å². The molecule has 1 aliphatic heterocycles. The van der Waals surface area contributed by atoms with Gasteiger partial charge >= 0.3 is 6.61 Å². The van der Waals surface area contributed by atoms with Gasteiger partial charge in [-0.1, -0.05) is 12.1 Å². The lowest BCUT2D eigenvalue weighted by atomic mass is 10.2. The van der Waals surface area contributed by atoms with E-state index in [0.29, 0.717) is 16.7 Å². The van der Waals surface area contributed by atoms with E-state index < -0.39 is 19.2 Å². The van der Waals surface area contributed by atoms with Gasteiger partial charge in [0.25, 0.3) is 6.43 Å². The summed E-state index contributed by atoms with van der Waals surface area (Å²) in [7, 11) is 0. The topological polar surface area (TPSA) is 42.6 Å². The molecular formula is C19H14F4N4O. The number of benzene rings is 2. The molecule has 3 aromatic rings. The van der Waals surface area contributed by atoms with Crippen molar-refractivity contribution in [3.8, 4) is 5.75 Å². The molecule has 0 spiro atoms. The minimum absolute atomic E-state index is 0.00584. The average Bonchev–Trinajstić information content (AvgIpc) is 3.08. The zero-order valence-electron chi connectivity index (χ0n) is 14.3. The number of aromatic nitrogens is 2. The molecule has 28 heavy (non-hydrogen) atoms. The molecule has 0 radical (unpaired) electrons. The zero-order chi connectivity index (χ0) is 19.7. The molecule has 1 aromatic heterocycles. The maximum Gasteiger partial charge on any atom is 0.387 e. The van der Waals surface area contributed by atoms with Gasteiger partial charge in [-0.25, -0.2) is 13.8 Å². The largest absolute Gasteiger partial charge is 0.435 e. The second-order valence-corrected chi connectivity index (χ2v) is 5.92. The molecule has 1 atom stereocenters. The number of rotatable bonds is 5. The molecule has 0 fully saturated rings. The van der Waals surface area contributed by atoms with Gasteiger partial charge in [-0.2, -0.15) is 8.78 Å². The fourth-order valence-electron chi connectivity index (χ4n) is 3.12. The lowest BCUT2D eigenvalue weighted by Crippen LogP contribution is -2.32. The van der Waals surface area contributed by atoms with E-state index >= 15 is 0 Å². The SMILES string of the molecule is FC(F)Oc1ccc(N2C=CN=CC2n2c(C(F)F)nc3ccccc32)cc1. The van der Waals surface area contributed by atoms with Crippen LogP contribution in [0.1, 0.15) is 18.4 Å². The molecule has 0 saturated heterocycles. The van der Waals surface area contributed by atoms with Crippen LogP contribution < -0.4 is 9.64 Å². The first-order chi connectivity index (χ1) is 13.5. The highest BCUT2D eigenvalue weighted by molar-refractivity contribution is 5.81. The first-order valence-electron chi connectivity index (χ1n) is 8.33. The second kappa shape index (κ2) is 7.34. The zero-order valence-corrected chi connectivity index (χ0v) is 14.3. The van der Waals surface area contributed by atoms with Crippen molar-refractivity contribution in [2.75, 3.05) is 4.90 Å². The predicted molar refractivity (Wildman–Crippen MR) is 96.9 cm³/mol. The number of anilines is 1. The summed E-state index contributed by atoms with van der Waals surface area (Å²) in [6.45, 7) is -2.92. The fraction of sp³-hybridized carbons (Fsp3) is 0.158. The monoisotopic (exact) mass is 390 g/mol. The minimum Gasteiger partial charge on any atom is -0.435 e. The van der Waals surface area contributed by atoms with E-state index in [1.165, 1.54) is 29.1 Å². The third-order valence-electron chi connectivity index (χ3n) is 4.26. The van der Waals surface area contributed by atoms with Crippen molar-refractivity contribution in [3.05, 3.63) is 66.8 Å². The lowest BCUT2D eigenvalue weighted by Gasteiger charge is -2.32. The van der Waals surface area contributed by atoms with Crippen molar-refractivity contribution in [1.29, 1.82) is 0 Å². The number of hydrogen-bond acceptors (Lipinski definition) is 4. The fourth-order valence-corrected chi connectivity index (χ4v) is 3.12. The van der Waals surface area contributed by atoms with Gasteiger partial charge in [0.15, 0.2) is 5.82 Å². The van der Waals surface area contributed by atoms with Crippen molar-refractivity contribution in [1.82, 2.24) is 9.55 Å². The van der Waals surface area contributed by atoms with Crippen molar-refractivity contribution < 1.29 is 22.3 Å². The van der Waals surface area contributed by atoms with E-state index in [1.54, 1.807) is 47.5 Å². The Bertz CT molecular complexity index is 1030. The van der Waals surface area contributed by atoms with Crippen LogP contribution in [0, 0.1) is 0 Å². The van der Waals surface area contributed by atoms with Gasteiger partial charge in [0, 0.05) is 24.3 Å². The number of halogens is 4. The highest BCUT2D eigenvalue weighted by atomic mass is 19.3. The van der Waals surface area contributed by atoms with E-state index in [2.05, 4.69) is 14.7 Å². The first-order valence-corrected chi connectivity index (χ1v) is 8.33. The van der Waals surface area contributed by atoms with Crippen LogP contribution in [-0.2, 0) is 0 Å². The highest BCUT2D eigenvalue weighted by Gasteiger charge is 2.28. The van der Waals surface area contributed by atoms with Crippen LogP contribution in [0.4, 0.5) is 23.2 Å². The van der Waals surface area contributed by atoms with Gasteiger partial charge in [-0.15, -0.1) is 0 Å². The number of fused-ring (bicyclic) bond motifs is 1.